The number of rotatable bonds is 3. The molecule has 3 aromatic rings. The molecule has 0 atom stereocenters. The summed E-state index contributed by atoms with van der Waals surface area (Å²) in [7, 11) is 0. The number of nitrogens with zero attached hydrogens (tertiary/aromatic N) is 2. The number of carboxylic acid groups (broad SMARTS) is 1. The average molecular weight is 291 g/mol. The minimum atomic E-state index is -1.23. The summed E-state index contributed by atoms with van der Waals surface area (Å²) in [5.41, 5.74) is 5.48. The topological polar surface area (TPSA) is 57.4 Å². The number of fused-ring (bicyclic) bond motifs is 1. The second kappa shape index (κ2) is 5.48. The average Bonchev–Trinajstić information content (AvgIpc) is 2.83. The fourth-order valence-electron chi connectivity index (χ4n) is 2.40. The highest BCUT2D eigenvalue weighted by Gasteiger charge is 2.11. The van der Waals surface area contributed by atoms with Crippen LogP contribution in [0.25, 0.3) is 23.0 Å². The standard InChI is InChI=1S/C18H16N2O2/c1-12-3-5-14(6-4-12)18-15(7-8-17(21)22)20-10-9-13(2)11-16(20)19-18/h3-11H,1-2H3,(H,21,22)/p-1/b8-7+. The molecule has 0 aliphatic rings. The third-order valence-corrected chi connectivity index (χ3v) is 3.52. The number of hydrogen-bond donors (Lipinski definition) is 0. The van der Waals surface area contributed by atoms with E-state index < -0.39 is 5.97 Å². The quantitative estimate of drug-likeness (QED) is 0.696. The predicted molar refractivity (Wildman–Crippen MR) is 84.1 cm³/mol. The molecule has 0 radical (unpaired) electrons. The first kappa shape index (κ1) is 14.1. The molecule has 2 heterocycles. The number of aryl methyl sites for hydroxylation is 2. The molecule has 110 valence electrons. The number of carbonyl (C=O) groups is 1. The molecule has 0 bridgehead atoms. The van der Waals surface area contributed by atoms with Gasteiger partial charge in [-0.15, -0.1) is 0 Å². The first-order valence-electron chi connectivity index (χ1n) is 6.99. The molecular formula is C18H15N2O2-. The summed E-state index contributed by atoms with van der Waals surface area (Å²) in [5.74, 6) is -1.23. The van der Waals surface area contributed by atoms with Crippen molar-refractivity contribution in [2.45, 2.75) is 13.8 Å². The first-order valence-corrected chi connectivity index (χ1v) is 6.99. The number of carboxylic acids is 1. The van der Waals surface area contributed by atoms with Crippen LogP contribution in [0.2, 0.25) is 0 Å². The number of pyridine rings is 1. The van der Waals surface area contributed by atoms with E-state index in [1.807, 2.05) is 60.8 Å². The molecule has 4 nitrogen and oxygen atoms in total. The van der Waals surface area contributed by atoms with Crippen LogP contribution in [-0.4, -0.2) is 15.4 Å². The van der Waals surface area contributed by atoms with E-state index in [1.54, 1.807) is 0 Å². The normalized spacial score (nSPS) is 11.4. The SMILES string of the molecule is Cc1ccc(-c2nc3cc(C)ccn3c2/C=C/C(=O)[O-])cc1. The van der Waals surface area contributed by atoms with E-state index in [2.05, 4.69) is 4.98 Å². The fraction of sp³-hybridized carbons (Fsp3) is 0.111. The second-order valence-corrected chi connectivity index (χ2v) is 5.30. The maximum Gasteiger partial charge on any atom is 0.138 e. The molecular weight excluding hydrogens is 276 g/mol. The first-order chi connectivity index (χ1) is 10.5. The van der Waals surface area contributed by atoms with Crippen LogP contribution < -0.4 is 5.11 Å². The van der Waals surface area contributed by atoms with Crippen LogP contribution in [-0.2, 0) is 4.79 Å². The van der Waals surface area contributed by atoms with Crippen LogP contribution in [0.1, 0.15) is 16.8 Å². The van der Waals surface area contributed by atoms with Crippen molar-refractivity contribution in [3.05, 3.63) is 65.5 Å². The van der Waals surface area contributed by atoms with E-state index in [0.717, 1.165) is 39.8 Å². The summed E-state index contributed by atoms with van der Waals surface area (Å²) < 4.78 is 1.88. The zero-order valence-corrected chi connectivity index (χ0v) is 12.4. The maximum atomic E-state index is 10.7. The van der Waals surface area contributed by atoms with Gasteiger partial charge in [-0.3, -0.25) is 4.40 Å². The summed E-state index contributed by atoms with van der Waals surface area (Å²) in [5, 5.41) is 10.7. The van der Waals surface area contributed by atoms with Gasteiger partial charge in [0.25, 0.3) is 0 Å². The van der Waals surface area contributed by atoms with Crippen molar-refractivity contribution in [1.29, 1.82) is 0 Å². The van der Waals surface area contributed by atoms with Gasteiger partial charge in [-0.1, -0.05) is 29.8 Å². The van der Waals surface area contributed by atoms with Gasteiger partial charge in [0.2, 0.25) is 0 Å². The summed E-state index contributed by atoms with van der Waals surface area (Å²) in [6, 6.07) is 11.9. The van der Waals surface area contributed by atoms with Gasteiger partial charge in [0.1, 0.15) is 5.65 Å². The van der Waals surface area contributed by atoms with Crippen LogP contribution >= 0.6 is 0 Å². The highest BCUT2D eigenvalue weighted by molar-refractivity contribution is 5.86. The molecule has 0 spiro atoms. The van der Waals surface area contributed by atoms with Gasteiger partial charge >= 0.3 is 0 Å². The Kier molecular flexibility index (Phi) is 3.51. The van der Waals surface area contributed by atoms with Crippen molar-refractivity contribution < 1.29 is 9.90 Å². The molecule has 0 fully saturated rings. The summed E-state index contributed by atoms with van der Waals surface area (Å²) in [4.78, 5) is 15.4. The molecule has 3 rings (SSSR count). The van der Waals surface area contributed by atoms with Crippen LogP contribution in [0.15, 0.2) is 48.7 Å². The smallest absolute Gasteiger partial charge is 0.138 e. The molecule has 22 heavy (non-hydrogen) atoms. The number of benzene rings is 1. The van der Waals surface area contributed by atoms with Crippen LogP contribution in [0.3, 0.4) is 0 Å². The fourth-order valence-corrected chi connectivity index (χ4v) is 2.40. The largest absolute Gasteiger partial charge is 0.545 e. The molecule has 0 saturated heterocycles. The van der Waals surface area contributed by atoms with E-state index in [4.69, 9.17) is 0 Å². The van der Waals surface area contributed by atoms with Crippen molar-refractivity contribution in [2.75, 3.05) is 0 Å². The number of carbonyl (C=O) groups excluding carboxylic acids is 1. The Morgan fingerprint density at radius 2 is 1.86 bits per heavy atom. The monoisotopic (exact) mass is 291 g/mol. The minimum absolute atomic E-state index is 0.725. The number of imidazole rings is 1. The Bertz CT molecular complexity index is 874. The molecule has 2 aromatic heterocycles. The van der Waals surface area contributed by atoms with Crippen molar-refractivity contribution >= 4 is 17.7 Å². The zero-order valence-electron chi connectivity index (χ0n) is 12.4. The summed E-state index contributed by atoms with van der Waals surface area (Å²) in [6.07, 6.45) is 4.45. The lowest BCUT2D eigenvalue weighted by Gasteiger charge is -2.02. The van der Waals surface area contributed by atoms with E-state index in [1.165, 1.54) is 6.08 Å². The molecule has 0 N–H and O–H groups in total. The van der Waals surface area contributed by atoms with E-state index >= 15 is 0 Å². The molecule has 0 amide bonds. The van der Waals surface area contributed by atoms with Gasteiger partial charge < -0.3 is 9.90 Å². The number of aromatic nitrogens is 2. The van der Waals surface area contributed by atoms with Gasteiger partial charge in [0, 0.05) is 11.8 Å². The third kappa shape index (κ3) is 2.63. The lowest BCUT2D eigenvalue weighted by atomic mass is 10.1. The Hall–Kier alpha value is -2.88. The van der Waals surface area contributed by atoms with Gasteiger partial charge in [0.15, 0.2) is 0 Å². The van der Waals surface area contributed by atoms with Crippen molar-refractivity contribution in [3.8, 4) is 11.3 Å². The van der Waals surface area contributed by atoms with Crippen molar-refractivity contribution in [2.24, 2.45) is 0 Å². The zero-order chi connectivity index (χ0) is 15.7. The summed E-state index contributed by atoms with van der Waals surface area (Å²) >= 11 is 0. The van der Waals surface area contributed by atoms with E-state index in [0.29, 0.717) is 0 Å². The molecule has 0 unspecified atom stereocenters. The van der Waals surface area contributed by atoms with Gasteiger partial charge in [-0.2, -0.15) is 0 Å². The van der Waals surface area contributed by atoms with Gasteiger partial charge in [-0.05, 0) is 43.7 Å². The molecule has 0 aliphatic heterocycles. The number of aliphatic carboxylic acids is 1. The molecule has 1 aromatic carbocycles. The lowest BCUT2D eigenvalue weighted by Crippen LogP contribution is -2.18. The van der Waals surface area contributed by atoms with Crippen molar-refractivity contribution in [3.63, 3.8) is 0 Å². The predicted octanol–water partition coefficient (Wildman–Crippen LogP) is 2.38. The third-order valence-electron chi connectivity index (χ3n) is 3.52. The van der Waals surface area contributed by atoms with Crippen LogP contribution in [0.5, 0.6) is 0 Å². The Morgan fingerprint density at radius 1 is 1.14 bits per heavy atom. The van der Waals surface area contributed by atoms with E-state index in [-0.39, 0.29) is 0 Å². The highest BCUT2D eigenvalue weighted by Crippen LogP contribution is 2.26. The summed E-state index contributed by atoms with van der Waals surface area (Å²) in [6.45, 7) is 4.02. The molecule has 0 saturated carbocycles. The molecule has 4 heteroatoms. The Morgan fingerprint density at radius 3 is 2.55 bits per heavy atom. The van der Waals surface area contributed by atoms with Crippen molar-refractivity contribution in [1.82, 2.24) is 9.38 Å². The highest BCUT2D eigenvalue weighted by atomic mass is 16.4. The minimum Gasteiger partial charge on any atom is -0.545 e. The lowest BCUT2D eigenvalue weighted by molar-refractivity contribution is -0.297. The maximum absolute atomic E-state index is 10.7. The number of hydrogen-bond acceptors (Lipinski definition) is 3. The van der Waals surface area contributed by atoms with E-state index in [9.17, 15) is 9.90 Å². The van der Waals surface area contributed by atoms with Gasteiger partial charge in [0.05, 0.1) is 17.4 Å². The van der Waals surface area contributed by atoms with Gasteiger partial charge in [-0.25, -0.2) is 4.98 Å². The van der Waals surface area contributed by atoms with Crippen LogP contribution in [0.4, 0.5) is 0 Å². The second-order valence-electron chi connectivity index (χ2n) is 5.30. The molecule has 0 aliphatic carbocycles. The van der Waals surface area contributed by atoms with Crippen LogP contribution in [0, 0.1) is 13.8 Å². The Labute approximate surface area is 128 Å². The Balaban J connectivity index is 2.25.